The molecule has 25 heavy (non-hydrogen) atoms. The molecule has 7 nitrogen and oxygen atoms in total. The number of hydrogen-bond donors (Lipinski definition) is 1. The van der Waals surface area contributed by atoms with Crippen molar-refractivity contribution >= 4 is 5.91 Å². The number of hydrogen-bond acceptors (Lipinski definition) is 6. The average Bonchev–Trinajstić information content (AvgIpc) is 3.15. The van der Waals surface area contributed by atoms with Crippen LogP contribution in [0, 0.1) is 11.3 Å². The van der Waals surface area contributed by atoms with Crippen LogP contribution < -0.4 is 5.32 Å². The fourth-order valence-corrected chi connectivity index (χ4v) is 3.78. The normalized spacial score (nSPS) is 22.9. The van der Waals surface area contributed by atoms with Gasteiger partial charge in [0.05, 0.1) is 17.8 Å². The third-order valence-electron chi connectivity index (χ3n) is 5.49. The van der Waals surface area contributed by atoms with Crippen LogP contribution in [0.2, 0.25) is 0 Å². The molecule has 1 atom stereocenters. The van der Waals surface area contributed by atoms with Crippen LogP contribution in [0.15, 0.2) is 16.9 Å². The molecule has 2 heterocycles. The van der Waals surface area contributed by atoms with E-state index < -0.39 is 5.54 Å². The SMILES string of the molecule is C[C@H](C(=O)NC1(C#N)CCCCC1)N1CCN(Cc2ccon2)CC1. The molecule has 1 aromatic rings. The monoisotopic (exact) mass is 345 g/mol. The van der Waals surface area contributed by atoms with Crippen LogP contribution in [0.3, 0.4) is 0 Å². The fraction of sp³-hybridized carbons (Fsp3) is 0.722. The van der Waals surface area contributed by atoms with Gasteiger partial charge in [0, 0.05) is 38.8 Å². The van der Waals surface area contributed by atoms with Gasteiger partial charge in [-0.15, -0.1) is 0 Å². The molecule has 1 aliphatic carbocycles. The summed E-state index contributed by atoms with van der Waals surface area (Å²) >= 11 is 0. The van der Waals surface area contributed by atoms with Crippen LogP contribution in [-0.4, -0.2) is 58.6 Å². The predicted octanol–water partition coefficient (Wildman–Crippen LogP) is 1.52. The Labute approximate surface area is 148 Å². The van der Waals surface area contributed by atoms with Gasteiger partial charge in [0.25, 0.3) is 0 Å². The summed E-state index contributed by atoms with van der Waals surface area (Å²) in [7, 11) is 0. The molecule has 1 aliphatic heterocycles. The number of piperazine rings is 1. The van der Waals surface area contributed by atoms with Gasteiger partial charge in [0.1, 0.15) is 11.8 Å². The minimum absolute atomic E-state index is 0.0200. The number of nitrogens with one attached hydrogen (secondary N) is 1. The summed E-state index contributed by atoms with van der Waals surface area (Å²) < 4.78 is 4.87. The molecular formula is C18H27N5O2. The van der Waals surface area contributed by atoms with Gasteiger partial charge in [0.15, 0.2) is 0 Å². The lowest BCUT2D eigenvalue weighted by Gasteiger charge is -2.39. The predicted molar refractivity (Wildman–Crippen MR) is 92.4 cm³/mol. The molecule has 0 spiro atoms. The van der Waals surface area contributed by atoms with E-state index in [2.05, 4.69) is 26.3 Å². The molecule has 0 radical (unpaired) electrons. The quantitative estimate of drug-likeness (QED) is 0.871. The Balaban J connectivity index is 1.49. The summed E-state index contributed by atoms with van der Waals surface area (Å²) in [6, 6.07) is 4.04. The van der Waals surface area contributed by atoms with Gasteiger partial charge in [-0.2, -0.15) is 5.26 Å². The zero-order chi connectivity index (χ0) is 17.7. The maximum atomic E-state index is 12.7. The summed E-state index contributed by atoms with van der Waals surface area (Å²) in [6.45, 7) is 6.19. The van der Waals surface area contributed by atoms with Gasteiger partial charge in [-0.1, -0.05) is 24.4 Å². The lowest BCUT2D eigenvalue weighted by molar-refractivity contribution is -0.128. The lowest BCUT2D eigenvalue weighted by atomic mass is 9.82. The minimum Gasteiger partial charge on any atom is -0.364 e. The Kier molecular flexibility index (Phi) is 5.71. The second-order valence-electron chi connectivity index (χ2n) is 7.22. The Morgan fingerprint density at radius 2 is 2.08 bits per heavy atom. The number of carbonyl (C=O) groups is 1. The van der Waals surface area contributed by atoms with E-state index in [1.165, 1.54) is 0 Å². The molecule has 0 unspecified atom stereocenters. The Bertz CT molecular complexity index is 595. The molecule has 1 amide bonds. The van der Waals surface area contributed by atoms with Crippen LogP contribution in [0.4, 0.5) is 0 Å². The Hall–Kier alpha value is -1.91. The molecule has 1 saturated carbocycles. The van der Waals surface area contributed by atoms with E-state index in [1.54, 1.807) is 6.26 Å². The van der Waals surface area contributed by atoms with Gasteiger partial charge >= 0.3 is 0 Å². The van der Waals surface area contributed by atoms with E-state index in [0.717, 1.165) is 70.5 Å². The van der Waals surface area contributed by atoms with E-state index in [1.807, 2.05) is 13.0 Å². The van der Waals surface area contributed by atoms with Crippen molar-refractivity contribution in [1.82, 2.24) is 20.3 Å². The number of aromatic nitrogens is 1. The summed E-state index contributed by atoms with van der Waals surface area (Å²) in [5.74, 6) is -0.0200. The molecule has 136 valence electrons. The molecule has 1 saturated heterocycles. The number of rotatable bonds is 5. The van der Waals surface area contributed by atoms with Crippen molar-refractivity contribution < 1.29 is 9.32 Å². The van der Waals surface area contributed by atoms with Crippen molar-refractivity contribution in [2.45, 2.75) is 57.2 Å². The van der Waals surface area contributed by atoms with Gasteiger partial charge in [-0.3, -0.25) is 14.6 Å². The summed E-state index contributed by atoms with van der Waals surface area (Å²) in [4.78, 5) is 17.2. The fourth-order valence-electron chi connectivity index (χ4n) is 3.78. The maximum absolute atomic E-state index is 12.7. The first-order valence-electron chi connectivity index (χ1n) is 9.21. The third kappa shape index (κ3) is 4.39. The molecule has 2 aliphatic rings. The summed E-state index contributed by atoms with van der Waals surface area (Å²) in [5.41, 5.74) is 0.283. The highest BCUT2D eigenvalue weighted by atomic mass is 16.5. The highest BCUT2D eigenvalue weighted by Crippen LogP contribution is 2.27. The first-order chi connectivity index (χ1) is 12.1. The molecule has 1 aromatic heterocycles. The van der Waals surface area contributed by atoms with E-state index >= 15 is 0 Å². The van der Waals surface area contributed by atoms with Crippen molar-refractivity contribution in [1.29, 1.82) is 5.26 Å². The van der Waals surface area contributed by atoms with Crippen molar-refractivity contribution in [3.05, 3.63) is 18.0 Å². The van der Waals surface area contributed by atoms with Crippen molar-refractivity contribution in [2.75, 3.05) is 26.2 Å². The second-order valence-corrected chi connectivity index (χ2v) is 7.22. The molecule has 0 bridgehead atoms. The second kappa shape index (κ2) is 7.98. The van der Waals surface area contributed by atoms with E-state index in [9.17, 15) is 10.1 Å². The Morgan fingerprint density at radius 3 is 2.68 bits per heavy atom. The van der Waals surface area contributed by atoms with Crippen LogP contribution in [0.5, 0.6) is 0 Å². The van der Waals surface area contributed by atoms with Crippen molar-refractivity contribution in [3.63, 3.8) is 0 Å². The van der Waals surface area contributed by atoms with Crippen molar-refractivity contribution in [3.8, 4) is 6.07 Å². The minimum atomic E-state index is -0.654. The van der Waals surface area contributed by atoms with Gasteiger partial charge in [-0.25, -0.2) is 0 Å². The highest BCUT2D eigenvalue weighted by molar-refractivity contribution is 5.82. The molecular weight excluding hydrogens is 318 g/mol. The van der Waals surface area contributed by atoms with E-state index in [0.29, 0.717) is 0 Å². The zero-order valence-electron chi connectivity index (χ0n) is 14.9. The number of nitriles is 1. The molecule has 7 heteroatoms. The summed E-state index contributed by atoms with van der Waals surface area (Å²) in [5, 5.41) is 16.5. The molecule has 1 N–H and O–H groups in total. The third-order valence-corrected chi connectivity index (χ3v) is 5.49. The standard InChI is InChI=1S/C18H27N5O2/c1-15(17(24)20-18(14-19)6-3-2-4-7-18)23-10-8-22(9-11-23)13-16-5-12-25-21-16/h5,12,15H,2-4,6-11,13H2,1H3,(H,20,24)/t15-/m1/s1. The molecule has 2 fully saturated rings. The largest absolute Gasteiger partial charge is 0.364 e. The van der Waals surface area contributed by atoms with Crippen LogP contribution in [0.25, 0.3) is 0 Å². The van der Waals surface area contributed by atoms with Crippen LogP contribution in [-0.2, 0) is 11.3 Å². The molecule has 3 rings (SSSR count). The van der Waals surface area contributed by atoms with Gasteiger partial charge < -0.3 is 9.84 Å². The summed E-state index contributed by atoms with van der Waals surface area (Å²) in [6.07, 6.45) is 6.32. The maximum Gasteiger partial charge on any atom is 0.238 e. The average molecular weight is 345 g/mol. The van der Waals surface area contributed by atoms with Gasteiger partial charge in [0.2, 0.25) is 5.91 Å². The highest BCUT2D eigenvalue weighted by Gasteiger charge is 2.36. The van der Waals surface area contributed by atoms with Crippen LogP contribution >= 0.6 is 0 Å². The number of nitrogens with zero attached hydrogens (tertiary/aromatic N) is 4. The van der Waals surface area contributed by atoms with Gasteiger partial charge in [-0.05, 0) is 19.8 Å². The number of carbonyl (C=O) groups excluding carboxylic acids is 1. The first-order valence-corrected chi connectivity index (χ1v) is 9.21. The van der Waals surface area contributed by atoms with E-state index in [-0.39, 0.29) is 11.9 Å². The smallest absolute Gasteiger partial charge is 0.238 e. The topological polar surface area (TPSA) is 85.4 Å². The first kappa shape index (κ1) is 17.9. The lowest BCUT2D eigenvalue weighted by Crippen LogP contribution is -2.58. The van der Waals surface area contributed by atoms with Crippen LogP contribution in [0.1, 0.15) is 44.7 Å². The molecule has 0 aromatic carbocycles. The van der Waals surface area contributed by atoms with Crippen molar-refractivity contribution in [2.24, 2.45) is 0 Å². The zero-order valence-corrected chi connectivity index (χ0v) is 14.9. The number of amides is 1. The Morgan fingerprint density at radius 1 is 1.36 bits per heavy atom. The van der Waals surface area contributed by atoms with E-state index in [4.69, 9.17) is 4.52 Å².